The summed E-state index contributed by atoms with van der Waals surface area (Å²) in [5.41, 5.74) is 1.67. The Morgan fingerprint density at radius 2 is 1.88 bits per heavy atom. The lowest BCUT2D eigenvalue weighted by atomic mass is 9.82. The predicted octanol–water partition coefficient (Wildman–Crippen LogP) is 1.79. The molecule has 0 saturated carbocycles. The third kappa shape index (κ3) is 3.53. The van der Waals surface area contributed by atoms with Gasteiger partial charge in [0.05, 0.1) is 26.7 Å². The van der Waals surface area contributed by atoms with E-state index in [1.54, 1.807) is 21.1 Å². The zero-order valence-corrected chi connectivity index (χ0v) is 14.9. The standard InChI is InChI=1S/C18H25NO5/c1-6-24-18(21)14-10-19(3)9-13(17(14)20)12-8-15(22-4)11(2)7-16(12)23-5/h7-8,13-14H,6,9-10H2,1-5H3. The Kier molecular flexibility index (Phi) is 5.83. The van der Waals surface area contributed by atoms with E-state index >= 15 is 0 Å². The van der Waals surface area contributed by atoms with Gasteiger partial charge in [-0.25, -0.2) is 0 Å². The quantitative estimate of drug-likeness (QED) is 0.604. The van der Waals surface area contributed by atoms with Crippen LogP contribution in [0.4, 0.5) is 0 Å². The van der Waals surface area contributed by atoms with Crippen LogP contribution in [0.2, 0.25) is 0 Å². The zero-order valence-electron chi connectivity index (χ0n) is 14.9. The first-order chi connectivity index (χ1) is 11.4. The molecule has 0 spiro atoms. The van der Waals surface area contributed by atoms with E-state index in [0.29, 0.717) is 24.6 Å². The average Bonchev–Trinajstić information content (AvgIpc) is 2.56. The molecule has 132 valence electrons. The lowest BCUT2D eigenvalue weighted by Crippen LogP contribution is -2.47. The molecule has 0 aliphatic carbocycles. The van der Waals surface area contributed by atoms with Crippen LogP contribution in [0.25, 0.3) is 0 Å². The summed E-state index contributed by atoms with van der Waals surface area (Å²) in [7, 11) is 5.06. The van der Waals surface area contributed by atoms with Crippen LogP contribution in [-0.4, -0.2) is 57.6 Å². The second kappa shape index (κ2) is 7.66. The number of hydrogen-bond donors (Lipinski definition) is 0. The summed E-state index contributed by atoms with van der Waals surface area (Å²) in [5, 5.41) is 0. The van der Waals surface area contributed by atoms with Crippen LogP contribution < -0.4 is 9.47 Å². The van der Waals surface area contributed by atoms with Gasteiger partial charge >= 0.3 is 5.97 Å². The molecule has 6 heteroatoms. The van der Waals surface area contributed by atoms with Crippen molar-refractivity contribution in [3.63, 3.8) is 0 Å². The highest BCUT2D eigenvalue weighted by atomic mass is 16.5. The number of likely N-dealkylation sites (N-methyl/N-ethyl adjacent to an activating group) is 1. The molecule has 0 aromatic heterocycles. The molecular weight excluding hydrogens is 310 g/mol. The largest absolute Gasteiger partial charge is 0.496 e. The molecule has 0 N–H and O–H groups in total. The van der Waals surface area contributed by atoms with Crippen LogP contribution >= 0.6 is 0 Å². The first kappa shape index (κ1) is 18.3. The number of carbonyl (C=O) groups excluding carboxylic acids is 2. The highest BCUT2D eigenvalue weighted by Crippen LogP contribution is 2.37. The summed E-state index contributed by atoms with van der Waals surface area (Å²) in [6.07, 6.45) is 0. The second-order valence-corrected chi connectivity index (χ2v) is 6.04. The number of carbonyl (C=O) groups is 2. The van der Waals surface area contributed by atoms with Crippen molar-refractivity contribution in [2.24, 2.45) is 5.92 Å². The monoisotopic (exact) mass is 335 g/mol. The van der Waals surface area contributed by atoms with E-state index in [4.69, 9.17) is 14.2 Å². The number of rotatable bonds is 5. The van der Waals surface area contributed by atoms with E-state index in [-0.39, 0.29) is 12.4 Å². The highest BCUT2D eigenvalue weighted by Gasteiger charge is 2.41. The molecule has 2 atom stereocenters. The van der Waals surface area contributed by atoms with Crippen LogP contribution in [0.1, 0.15) is 24.0 Å². The third-order valence-corrected chi connectivity index (χ3v) is 4.37. The molecule has 0 radical (unpaired) electrons. The van der Waals surface area contributed by atoms with E-state index in [2.05, 4.69) is 0 Å². The van der Waals surface area contributed by atoms with Crippen LogP contribution in [0, 0.1) is 12.8 Å². The Morgan fingerprint density at radius 1 is 1.21 bits per heavy atom. The minimum absolute atomic E-state index is 0.129. The fourth-order valence-corrected chi connectivity index (χ4v) is 3.15. The van der Waals surface area contributed by atoms with Crippen molar-refractivity contribution in [3.8, 4) is 11.5 Å². The van der Waals surface area contributed by atoms with Gasteiger partial charge in [0.15, 0.2) is 5.78 Å². The first-order valence-electron chi connectivity index (χ1n) is 8.04. The summed E-state index contributed by atoms with van der Waals surface area (Å²) >= 11 is 0. The van der Waals surface area contributed by atoms with Gasteiger partial charge in [-0.2, -0.15) is 0 Å². The fourth-order valence-electron chi connectivity index (χ4n) is 3.15. The number of nitrogens with zero attached hydrogens (tertiary/aromatic N) is 1. The number of hydrogen-bond acceptors (Lipinski definition) is 6. The van der Waals surface area contributed by atoms with E-state index in [1.807, 2.05) is 31.0 Å². The van der Waals surface area contributed by atoms with Crippen molar-refractivity contribution in [2.45, 2.75) is 19.8 Å². The number of esters is 1. The van der Waals surface area contributed by atoms with Gasteiger partial charge < -0.3 is 19.1 Å². The van der Waals surface area contributed by atoms with Crippen molar-refractivity contribution in [1.82, 2.24) is 4.90 Å². The van der Waals surface area contributed by atoms with Gasteiger partial charge in [0.2, 0.25) is 0 Å². The number of Topliss-reactive ketones (excluding diaryl/α,β-unsaturated/α-hetero) is 1. The third-order valence-electron chi connectivity index (χ3n) is 4.37. The van der Waals surface area contributed by atoms with Gasteiger partial charge in [-0.1, -0.05) is 0 Å². The molecule has 0 bridgehead atoms. The number of ketones is 1. The number of likely N-dealkylation sites (tertiary alicyclic amines) is 1. The minimum atomic E-state index is -0.772. The number of piperidine rings is 1. The lowest BCUT2D eigenvalue weighted by molar-refractivity contribution is -0.154. The van der Waals surface area contributed by atoms with Gasteiger partial charge in [0, 0.05) is 18.7 Å². The number of benzene rings is 1. The normalized spacial score (nSPS) is 21.5. The predicted molar refractivity (Wildman–Crippen MR) is 89.7 cm³/mol. The van der Waals surface area contributed by atoms with Crippen LogP contribution in [0.3, 0.4) is 0 Å². The van der Waals surface area contributed by atoms with Crippen molar-refractivity contribution >= 4 is 11.8 Å². The van der Waals surface area contributed by atoms with Gasteiger partial charge in [0.1, 0.15) is 17.4 Å². The van der Waals surface area contributed by atoms with Gasteiger partial charge in [-0.3, -0.25) is 9.59 Å². The molecule has 1 aromatic carbocycles. The SMILES string of the molecule is CCOC(=O)C1CN(C)CC(c2cc(OC)c(C)cc2OC)C1=O. The van der Waals surface area contributed by atoms with Crippen LogP contribution in [0.5, 0.6) is 11.5 Å². The van der Waals surface area contributed by atoms with Crippen molar-refractivity contribution < 1.29 is 23.8 Å². The van der Waals surface area contributed by atoms with Gasteiger partial charge in [-0.15, -0.1) is 0 Å². The Bertz CT molecular complexity index is 628. The second-order valence-electron chi connectivity index (χ2n) is 6.04. The molecule has 1 saturated heterocycles. The van der Waals surface area contributed by atoms with E-state index < -0.39 is 17.8 Å². The summed E-state index contributed by atoms with van der Waals surface area (Å²) in [4.78, 5) is 27.0. The minimum Gasteiger partial charge on any atom is -0.496 e. The highest BCUT2D eigenvalue weighted by molar-refractivity contribution is 6.03. The van der Waals surface area contributed by atoms with Crippen molar-refractivity contribution in [2.75, 3.05) is 41.0 Å². The lowest BCUT2D eigenvalue weighted by Gasteiger charge is -2.34. The molecule has 1 aliphatic rings. The summed E-state index contributed by atoms with van der Waals surface area (Å²) in [6, 6.07) is 3.69. The topological polar surface area (TPSA) is 65.1 Å². The Hall–Kier alpha value is -2.08. The first-order valence-corrected chi connectivity index (χ1v) is 8.04. The Balaban J connectivity index is 2.42. The van der Waals surface area contributed by atoms with E-state index in [1.165, 1.54) is 0 Å². The smallest absolute Gasteiger partial charge is 0.317 e. The molecule has 1 heterocycles. The molecular formula is C18H25NO5. The molecule has 1 aliphatic heterocycles. The summed E-state index contributed by atoms with van der Waals surface area (Å²) in [6.45, 7) is 4.82. The van der Waals surface area contributed by atoms with Crippen LogP contribution in [0.15, 0.2) is 12.1 Å². The molecule has 24 heavy (non-hydrogen) atoms. The maximum atomic E-state index is 12.9. The average molecular weight is 335 g/mol. The molecule has 1 aromatic rings. The molecule has 2 unspecified atom stereocenters. The molecule has 6 nitrogen and oxygen atoms in total. The summed E-state index contributed by atoms with van der Waals surface area (Å²) < 4.78 is 15.9. The maximum absolute atomic E-state index is 12.9. The number of aryl methyl sites for hydroxylation is 1. The summed E-state index contributed by atoms with van der Waals surface area (Å²) in [5.74, 6) is -0.495. The zero-order chi connectivity index (χ0) is 17.9. The van der Waals surface area contributed by atoms with Gasteiger partial charge in [0.25, 0.3) is 0 Å². The van der Waals surface area contributed by atoms with Crippen molar-refractivity contribution in [3.05, 3.63) is 23.3 Å². The Morgan fingerprint density at radius 3 is 2.46 bits per heavy atom. The van der Waals surface area contributed by atoms with Crippen LogP contribution in [-0.2, 0) is 14.3 Å². The number of methoxy groups -OCH3 is 2. The molecule has 1 fully saturated rings. The maximum Gasteiger partial charge on any atom is 0.317 e. The van der Waals surface area contributed by atoms with Crippen molar-refractivity contribution in [1.29, 1.82) is 0 Å². The number of ether oxygens (including phenoxy) is 3. The van der Waals surface area contributed by atoms with E-state index in [9.17, 15) is 9.59 Å². The Labute approximate surface area is 142 Å². The van der Waals surface area contributed by atoms with Gasteiger partial charge in [-0.05, 0) is 38.6 Å². The fraction of sp³-hybridized carbons (Fsp3) is 0.556. The molecule has 2 rings (SSSR count). The van der Waals surface area contributed by atoms with E-state index in [0.717, 1.165) is 11.1 Å². The molecule has 0 amide bonds.